The van der Waals surface area contributed by atoms with Crippen molar-refractivity contribution in [3.63, 3.8) is 0 Å². The van der Waals surface area contributed by atoms with Crippen molar-refractivity contribution in [3.05, 3.63) is 23.4 Å². The summed E-state index contributed by atoms with van der Waals surface area (Å²) >= 11 is 0. The highest BCUT2D eigenvalue weighted by atomic mass is 16.5. The van der Waals surface area contributed by atoms with E-state index in [1.54, 1.807) is 0 Å². The van der Waals surface area contributed by atoms with E-state index in [2.05, 4.69) is 16.9 Å². The van der Waals surface area contributed by atoms with E-state index in [4.69, 9.17) is 10.5 Å². The number of anilines is 1. The van der Waals surface area contributed by atoms with Crippen molar-refractivity contribution >= 4 is 16.6 Å². The van der Waals surface area contributed by atoms with Crippen LogP contribution in [0.1, 0.15) is 30.5 Å². The van der Waals surface area contributed by atoms with Crippen molar-refractivity contribution < 1.29 is 14.9 Å². The molecule has 0 aliphatic carbocycles. The Kier molecular flexibility index (Phi) is 5.60. The number of hydrogen-bond acceptors (Lipinski definition) is 6. The number of hydrogen-bond donors (Lipinski definition) is 3. The highest BCUT2D eigenvalue weighted by Gasteiger charge is 2.17. The summed E-state index contributed by atoms with van der Waals surface area (Å²) in [5.74, 6) is -0.361. The number of piperidine rings is 1. The van der Waals surface area contributed by atoms with Crippen LogP contribution in [0.25, 0.3) is 10.9 Å². The average Bonchev–Trinajstić information content (AvgIpc) is 2.84. The lowest BCUT2D eigenvalue weighted by Gasteiger charge is -2.20. The summed E-state index contributed by atoms with van der Waals surface area (Å²) in [4.78, 5) is 6.90. The van der Waals surface area contributed by atoms with Gasteiger partial charge in [-0.1, -0.05) is 6.42 Å². The monoisotopic (exact) mass is 345 g/mol. The standard InChI is InChI=1S/C13H14N2O3.C6H13N/c14-13-7-1-3-18-4-2-9(7)15-10-6-12(17)11(16)5-8(10)13;1-7-5-3-2-4-6-7/h5-6,16-17H,1-4H2,(H2,14,15);2-6H2,1H3. The van der Waals surface area contributed by atoms with E-state index in [0.717, 1.165) is 24.1 Å². The van der Waals surface area contributed by atoms with Gasteiger partial charge in [-0.15, -0.1) is 0 Å². The number of benzene rings is 1. The third-order valence-corrected chi connectivity index (χ3v) is 4.87. The van der Waals surface area contributed by atoms with Crippen LogP contribution in [0.3, 0.4) is 0 Å². The summed E-state index contributed by atoms with van der Waals surface area (Å²) in [6.45, 7) is 3.91. The van der Waals surface area contributed by atoms with Gasteiger partial charge in [-0.3, -0.25) is 4.98 Å². The zero-order valence-corrected chi connectivity index (χ0v) is 14.8. The van der Waals surface area contributed by atoms with Crippen molar-refractivity contribution in [2.24, 2.45) is 0 Å². The molecule has 0 unspecified atom stereocenters. The van der Waals surface area contributed by atoms with Crippen LogP contribution in [0.4, 0.5) is 5.69 Å². The molecular formula is C19H27N3O3. The summed E-state index contributed by atoms with van der Waals surface area (Å²) < 4.78 is 5.41. The predicted octanol–water partition coefficient (Wildman–Crippen LogP) is 2.45. The Morgan fingerprint density at radius 1 is 1.04 bits per heavy atom. The first kappa shape index (κ1) is 17.8. The molecule has 0 saturated carbocycles. The zero-order chi connectivity index (χ0) is 17.8. The molecule has 2 aliphatic heterocycles. The molecule has 4 N–H and O–H groups in total. The van der Waals surface area contributed by atoms with Crippen LogP contribution in [-0.2, 0) is 17.6 Å². The van der Waals surface area contributed by atoms with Crippen molar-refractivity contribution in [3.8, 4) is 11.5 Å². The molecule has 3 heterocycles. The van der Waals surface area contributed by atoms with Crippen LogP contribution in [0, 0.1) is 0 Å². The summed E-state index contributed by atoms with van der Waals surface area (Å²) in [5.41, 5.74) is 9.27. The normalized spacial score (nSPS) is 18.1. The van der Waals surface area contributed by atoms with Gasteiger partial charge in [-0.05, 0) is 51.0 Å². The second-order valence-electron chi connectivity index (χ2n) is 6.79. The van der Waals surface area contributed by atoms with Crippen molar-refractivity contribution in [2.75, 3.05) is 39.1 Å². The Balaban J connectivity index is 0.000000219. The smallest absolute Gasteiger partial charge is 0.159 e. The summed E-state index contributed by atoms with van der Waals surface area (Å²) in [6.07, 6.45) is 5.72. The minimum Gasteiger partial charge on any atom is -0.504 e. The van der Waals surface area contributed by atoms with Gasteiger partial charge in [0.25, 0.3) is 0 Å². The van der Waals surface area contributed by atoms with Gasteiger partial charge in [0.2, 0.25) is 0 Å². The molecule has 1 saturated heterocycles. The van der Waals surface area contributed by atoms with Gasteiger partial charge in [-0.2, -0.15) is 0 Å². The largest absolute Gasteiger partial charge is 0.504 e. The Morgan fingerprint density at radius 2 is 1.72 bits per heavy atom. The molecule has 0 atom stereocenters. The van der Waals surface area contributed by atoms with E-state index in [1.807, 2.05) is 0 Å². The van der Waals surface area contributed by atoms with E-state index < -0.39 is 0 Å². The average molecular weight is 345 g/mol. The highest BCUT2D eigenvalue weighted by molar-refractivity contribution is 5.94. The van der Waals surface area contributed by atoms with E-state index in [-0.39, 0.29) is 11.5 Å². The molecule has 25 heavy (non-hydrogen) atoms. The second-order valence-corrected chi connectivity index (χ2v) is 6.79. The predicted molar refractivity (Wildman–Crippen MR) is 99.1 cm³/mol. The molecule has 136 valence electrons. The fourth-order valence-electron chi connectivity index (χ4n) is 3.39. The Morgan fingerprint density at radius 3 is 2.40 bits per heavy atom. The van der Waals surface area contributed by atoms with E-state index in [0.29, 0.717) is 29.8 Å². The van der Waals surface area contributed by atoms with Gasteiger partial charge in [0.1, 0.15) is 0 Å². The van der Waals surface area contributed by atoms with E-state index in [9.17, 15) is 10.2 Å². The molecule has 0 amide bonds. The van der Waals surface area contributed by atoms with Gasteiger partial charge < -0.3 is 25.6 Å². The number of pyridine rings is 1. The molecule has 1 aromatic carbocycles. The van der Waals surface area contributed by atoms with Crippen molar-refractivity contribution in [1.29, 1.82) is 0 Å². The maximum atomic E-state index is 9.54. The molecule has 6 heteroatoms. The summed E-state index contributed by atoms with van der Waals surface area (Å²) in [6, 6.07) is 2.89. The van der Waals surface area contributed by atoms with E-state index >= 15 is 0 Å². The minimum atomic E-state index is -0.181. The van der Waals surface area contributed by atoms with Crippen LogP contribution in [0.2, 0.25) is 0 Å². The van der Waals surface area contributed by atoms with Gasteiger partial charge in [0.15, 0.2) is 11.5 Å². The van der Waals surface area contributed by atoms with Crippen LogP contribution in [0.15, 0.2) is 12.1 Å². The van der Waals surface area contributed by atoms with Gasteiger partial charge >= 0.3 is 0 Å². The number of aromatic nitrogens is 1. The molecule has 0 bridgehead atoms. The van der Waals surface area contributed by atoms with Gasteiger partial charge in [0.05, 0.1) is 18.7 Å². The second kappa shape index (κ2) is 7.89. The van der Waals surface area contributed by atoms with E-state index in [1.165, 1.54) is 44.5 Å². The number of rotatable bonds is 0. The molecule has 2 aliphatic rings. The summed E-state index contributed by atoms with van der Waals surface area (Å²) in [7, 11) is 2.19. The van der Waals surface area contributed by atoms with Crippen LogP contribution >= 0.6 is 0 Å². The van der Waals surface area contributed by atoms with Crippen LogP contribution in [-0.4, -0.2) is 53.4 Å². The number of fused-ring (bicyclic) bond motifs is 2. The lowest BCUT2D eigenvalue weighted by molar-refractivity contribution is 0.146. The number of ether oxygens (including phenoxy) is 1. The minimum absolute atomic E-state index is 0.180. The molecule has 0 spiro atoms. The first-order chi connectivity index (χ1) is 12.1. The first-order valence-electron chi connectivity index (χ1n) is 8.95. The topological polar surface area (TPSA) is 91.8 Å². The number of likely N-dealkylation sites (tertiary alicyclic amines) is 1. The fourth-order valence-corrected chi connectivity index (χ4v) is 3.39. The lowest BCUT2D eigenvalue weighted by atomic mass is 10.0. The molecule has 2 aromatic rings. The third-order valence-electron chi connectivity index (χ3n) is 4.87. The Labute approximate surface area is 148 Å². The molecule has 0 radical (unpaired) electrons. The van der Waals surface area contributed by atoms with Crippen LogP contribution in [0.5, 0.6) is 11.5 Å². The first-order valence-corrected chi connectivity index (χ1v) is 8.95. The Bertz CT molecular complexity index is 743. The number of nitrogen functional groups attached to an aromatic ring is 1. The van der Waals surface area contributed by atoms with Crippen molar-refractivity contribution in [2.45, 2.75) is 32.1 Å². The molecular weight excluding hydrogens is 318 g/mol. The van der Waals surface area contributed by atoms with Crippen molar-refractivity contribution in [1.82, 2.24) is 9.88 Å². The molecule has 1 aromatic heterocycles. The summed E-state index contributed by atoms with van der Waals surface area (Å²) in [5, 5.41) is 19.7. The SMILES string of the molecule is CN1CCCCC1.Nc1c2c(nc3cc(O)c(O)cc13)CCOCC2. The van der Waals surface area contributed by atoms with Gasteiger partial charge in [-0.25, -0.2) is 0 Å². The fraction of sp³-hybridized carbons (Fsp3) is 0.526. The maximum Gasteiger partial charge on any atom is 0.159 e. The highest BCUT2D eigenvalue weighted by Crippen LogP contribution is 2.35. The molecule has 1 fully saturated rings. The number of phenols is 2. The number of nitrogens with two attached hydrogens (primary N) is 1. The number of phenolic OH excluding ortho intramolecular Hbond substituents is 2. The molecule has 4 rings (SSSR count). The van der Waals surface area contributed by atoms with Gasteiger partial charge in [0, 0.05) is 29.3 Å². The third kappa shape index (κ3) is 4.14. The quantitative estimate of drug-likeness (QED) is 0.635. The lowest BCUT2D eigenvalue weighted by Crippen LogP contribution is -2.24. The number of nitrogens with zero attached hydrogens (tertiary/aromatic N) is 2. The molecule has 6 nitrogen and oxygen atoms in total. The maximum absolute atomic E-state index is 9.54. The zero-order valence-electron chi connectivity index (χ0n) is 14.8. The van der Waals surface area contributed by atoms with Crippen LogP contribution < -0.4 is 5.73 Å². The number of aromatic hydroxyl groups is 2. The Hall–Kier alpha value is -2.05.